The molecule has 3 N–H and O–H groups in total. The standard InChI is InChI=1S/C37H56N2O4/c1-6-9-28-23-38-35(39-28)37(19-20-37)33(43-34(42)10-7-2)17-12-24(3)30-15-16-31-26(11-8-18-36(30,31)5)13-14-27-21-29(40)22-32(41)25(27)4/h13-14,23-24,29-33,40-41H,4,6-12,15-22H2,1-3,5H3,(H,38,39)/t24-,29-,30-,31+,32+,33-,36-/m1/s1. The fraction of sp³-hybridized carbons (Fsp3) is 0.730. The minimum absolute atomic E-state index is 0.0727. The van der Waals surface area contributed by atoms with E-state index in [0.717, 1.165) is 68.3 Å². The summed E-state index contributed by atoms with van der Waals surface area (Å²) in [6, 6.07) is 0. The summed E-state index contributed by atoms with van der Waals surface area (Å²) in [4.78, 5) is 21.2. The van der Waals surface area contributed by atoms with Crippen LogP contribution in [0.4, 0.5) is 0 Å². The molecule has 4 aliphatic carbocycles. The molecule has 5 rings (SSSR count). The van der Waals surface area contributed by atoms with E-state index in [-0.39, 0.29) is 22.9 Å². The molecule has 238 valence electrons. The van der Waals surface area contributed by atoms with Crippen LogP contribution in [0.15, 0.2) is 41.6 Å². The van der Waals surface area contributed by atoms with Gasteiger partial charge in [0.15, 0.2) is 0 Å². The maximum atomic E-state index is 12.8. The Balaban J connectivity index is 1.28. The number of aromatic amines is 1. The van der Waals surface area contributed by atoms with Crippen LogP contribution in [0, 0.1) is 23.2 Å². The lowest BCUT2D eigenvalue weighted by molar-refractivity contribution is -0.151. The van der Waals surface area contributed by atoms with Crippen molar-refractivity contribution in [2.45, 2.75) is 148 Å². The average Bonchev–Trinajstić information content (AvgIpc) is 3.49. The molecule has 0 spiro atoms. The highest BCUT2D eigenvalue weighted by Crippen LogP contribution is 2.60. The number of aryl methyl sites for hydroxylation is 1. The zero-order valence-electron chi connectivity index (χ0n) is 27.2. The number of rotatable bonds is 12. The molecule has 43 heavy (non-hydrogen) atoms. The summed E-state index contributed by atoms with van der Waals surface area (Å²) in [5.74, 6) is 2.71. The lowest BCUT2D eigenvalue weighted by atomic mass is 9.60. The smallest absolute Gasteiger partial charge is 0.306 e. The van der Waals surface area contributed by atoms with E-state index in [9.17, 15) is 15.0 Å². The number of H-pyrrole nitrogens is 1. The molecule has 0 aliphatic heterocycles. The van der Waals surface area contributed by atoms with Crippen LogP contribution in [0.1, 0.15) is 129 Å². The summed E-state index contributed by atoms with van der Waals surface area (Å²) >= 11 is 0. The lowest BCUT2D eigenvalue weighted by Crippen LogP contribution is -2.37. The molecular formula is C37H56N2O4. The summed E-state index contributed by atoms with van der Waals surface area (Å²) in [6.45, 7) is 13.3. The molecular weight excluding hydrogens is 536 g/mol. The number of allylic oxidation sites excluding steroid dienone is 3. The van der Waals surface area contributed by atoms with Crippen LogP contribution in [0.5, 0.6) is 0 Å². The predicted molar refractivity (Wildman–Crippen MR) is 171 cm³/mol. The van der Waals surface area contributed by atoms with E-state index in [2.05, 4.69) is 44.5 Å². The second-order valence-corrected chi connectivity index (χ2v) is 14.6. The van der Waals surface area contributed by atoms with Crippen molar-refractivity contribution in [3.63, 3.8) is 0 Å². The number of aromatic nitrogens is 2. The predicted octanol–water partition coefficient (Wildman–Crippen LogP) is 7.66. The van der Waals surface area contributed by atoms with Gasteiger partial charge in [0.2, 0.25) is 0 Å². The normalized spacial score (nSPS) is 33.4. The molecule has 1 aromatic heterocycles. The first kappa shape index (κ1) is 32.2. The van der Waals surface area contributed by atoms with Gasteiger partial charge in [-0.25, -0.2) is 4.98 Å². The highest BCUT2D eigenvalue weighted by Gasteiger charge is 2.56. The minimum atomic E-state index is -0.646. The van der Waals surface area contributed by atoms with Crippen molar-refractivity contribution >= 4 is 5.97 Å². The van der Waals surface area contributed by atoms with Crippen molar-refractivity contribution < 1.29 is 19.7 Å². The third kappa shape index (κ3) is 6.76. The Morgan fingerprint density at radius 1 is 1.19 bits per heavy atom. The zero-order valence-corrected chi connectivity index (χ0v) is 27.2. The number of nitrogens with one attached hydrogen (secondary N) is 1. The highest BCUT2D eigenvalue weighted by atomic mass is 16.5. The van der Waals surface area contributed by atoms with Crippen LogP contribution in [0.2, 0.25) is 0 Å². The topological polar surface area (TPSA) is 95.4 Å². The molecule has 0 radical (unpaired) electrons. The largest absolute Gasteiger partial charge is 0.461 e. The first-order chi connectivity index (χ1) is 20.6. The summed E-state index contributed by atoms with van der Waals surface area (Å²) in [7, 11) is 0. The van der Waals surface area contributed by atoms with Gasteiger partial charge in [0.05, 0.1) is 17.6 Å². The first-order valence-electron chi connectivity index (χ1n) is 17.3. The number of aliphatic hydroxyl groups excluding tert-OH is 2. The van der Waals surface area contributed by atoms with Crippen LogP contribution in [-0.4, -0.2) is 44.5 Å². The van der Waals surface area contributed by atoms with Gasteiger partial charge in [0.1, 0.15) is 11.9 Å². The number of carbonyl (C=O) groups is 1. The SMILES string of the molecule is C=C1C(=CC=C2CCC[C@]3(C)[C@@H]([C@H](C)CC[C@@H](OC(=O)CCC)C4(c5ncc(CCC)[nH]5)CC4)CC[C@@H]23)C[C@@H](O)C[C@@H]1O. The fourth-order valence-corrected chi connectivity index (χ4v) is 9.02. The van der Waals surface area contributed by atoms with E-state index in [1.807, 2.05) is 13.1 Å². The first-order valence-corrected chi connectivity index (χ1v) is 17.3. The molecule has 6 nitrogen and oxygen atoms in total. The molecule has 0 saturated heterocycles. The second-order valence-electron chi connectivity index (χ2n) is 14.6. The fourth-order valence-electron chi connectivity index (χ4n) is 9.02. The maximum absolute atomic E-state index is 12.8. The van der Waals surface area contributed by atoms with E-state index in [1.54, 1.807) is 0 Å². The molecule has 0 aromatic carbocycles. The van der Waals surface area contributed by atoms with Crippen LogP contribution in [0.3, 0.4) is 0 Å². The Kier molecular flexibility index (Phi) is 10.1. The van der Waals surface area contributed by atoms with Gasteiger partial charge in [0.25, 0.3) is 0 Å². The van der Waals surface area contributed by atoms with Crippen molar-refractivity contribution in [1.82, 2.24) is 9.97 Å². The number of ether oxygens (including phenoxy) is 1. The number of fused-ring (bicyclic) bond motifs is 1. The van der Waals surface area contributed by atoms with Crippen LogP contribution in [0.25, 0.3) is 0 Å². The molecule has 1 aromatic rings. The summed E-state index contributed by atoms with van der Waals surface area (Å²) in [6.07, 6.45) is 19.5. The highest BCUT2D eigenvalue weighted by molar-refractivity contribution is 5.69. The molecule has 4 aliphatic rings. The van der Waals surface area contributed by atoms with Gasteiger partial charge in [-0.2, -0.15) is 0 Å². The molecule has 4 saturated carbocycles. The third-order valence-corrected chi connectivity index (χ3v) is 11.6. The van der Waals surface area contributed by atoms with Crippen molar-refractivity contribution in [3.05, 3.63) is 53.2 Å². The minimum Gasteiger partial charge on any atom is -0.461 e. The molecule has 0 unspecified atom stereocenters. The number of esters is 1. The van der Waals surface area contributed by atoms with Crippen molar-refractivity contribution in [1.29, 1.82) is 0 Å². The van der Waals surface area contributed by atoms with Gasteiger partial charge in [0, 0.05) is 24.7 Å². The van der Waals surface area contributed by atoms with Gasteiger partial charge < -0.3 is 19.9 Å². The van der Waals surface area contributed by atoms with E-state index >= 15 is 0 Å². The third-order valence-electron chi connectivity index (χ3n) is 11.6. The molecule has 6 heteroatoms. The van der Waals surface area contributed by atoms with Gasteiger partial charge in [-0.15, -0.1) is 0 Å². The van der Waals surface area contributed by atoms with Crippen molar-refractivity contribution in [3.8, 4) is 0 Å². The van der Waals surface area contributed by atoms with E-state index in [4.69, 9.17) is 9.72 Å². The Bertz CT molecular complexity index is 1210. The monoisotopic (exact) mass is 592 g/mol. The quantitative estimate of drug-likeness (QED) is 0.217. The zero-order chi connectivity index (χ0) is 30.8. The van der Waals surface area contributed by atoms with E-state index in [0.29, 0.717) is 37.0 Å². The molecule has 0 bridgehead atoms. The van der Waals surface area contributed by atoms with Crippen molar-refractivity contribution in [2.24, 2.45) is 23.2 Å². The molecule has 0 amide bonds. The average molecular weight is 593 g/mol. The Hall–Kier alpha value is -2.18. The number of carbonyl (C=O) groups excluding carboxylic acids is 1. The second kappa shape index (κ2) is 13.4. The van der Waals surface area contributed by atoms with Crippen LogP contribution >= 0.6 is 0 Å². The summed E-state index contributed by atoms with van der Waals surface area (Å²) < 4.78 is 6.26. The number of aliphatic hydroxyl groups is 2. The number of imidazole rings is 1. The van der Waals surface area contributed by atoms with Gasteiger partial charge in [-0.1, -0.05) is 58.4 Å². The Labute approximate surface area is 259 Å². The van der Waals surface area contributed by atoms with Crippen molar-refractivity contribution in [2.75, 3.05) is 0 Å². The van der Waals surface area contributed by atoms with E-state index in [1.165, 1.54) is 37.0 Å². The summed E-state index contributed by atoms with van der Waals surface area (Å²) in [5, 5.41) is 20.5. The molecule has 1 heterocycles. The Morgan fingerprint density at radius 2 is 1.98 bits per heavy atom. The van der Waals surface area contributed by atoms with Crippen LogP contribution < -0.4 is 0 Å². The number of hydrogen-bond acceptors (Lipinski definition) is 5. The summed E-state index contributed by atoms with van der Waals surface area (Å²) in [5.41, 5.74) is 4.57. The molecule has 4 fully saturated rings. The number of nitrogens with zero attached hydrogens (tertiary/aromatic N) is 1. The molecule has 7 atom stereocenters. The van der Waals surface area contributed by atoms with Gasteiger partial charge >= 0.3 is 5.97 Å². The number of hydrogen-bond donors (Lipinski definition) is 3. The van der Waals surface area contributed by atoms with Crippen LogP contribution in [-0.2, 0) is 21.4 Å². The lowest BCUT2D eigenvalue weighted by Gasteiger charge is -2.44. The van der Waals surface area contributed by atoms with E-state index < -0.39 is 12.2 Å². The van der Waals surface area contributed by atoms with Gasteiger partial charge in [-0.3, -0.25) is 4.79 Å². The van der Waals surface area contributed by atoms with Gasteiger partial charge in [-0.05, 0) is 111 Å². The Morgan fingerprint density at radius 3 is 2.70 bits per heavy atom. The maximum Gasteiger partial charge on any atom is 0.306 e.